The van der Waals surface area contributed by atoms with Gasteiger partial charge >= 0.3 is 0 Å². The molecule has 11 heavy (non-hydrogen) atoms. The van der Waals surface area contributed by atoms with Crippen molar-refractivity contribution < 1.29 is 4.39 Å². The second kappa shape index (κ2) is 2.59. The topological polar surface area (TPSA) is 12.0 Å². The van der Waals surface area contributed by atoms with E-state index in [1.165, 1.54) is 12.8 Å². The molecule has 0 unspecified atom stereocenters. The highest BCUT2D eigenvalue weighted by atomic mass is 19.1. The average molecular weight is 155 g/mol. The Labute approximate surface area is 66.7 Å². The number of hydrogen-bond donors (Lipinski definition) is 1. The SMILES string of the molecule is FC1(C2=CCCCC2)CNC1. The number of hydrogen-bond acceptors (Lipinski definition) is 1. The van der Waals surface area contributed by atoms with Gasteiger partial charge in [-0.1, -0.05) is 6.08 Å². The highest BCUT2D eigenvalue weighted by molar-refractivity contribution is 5.24. The van der Waals surface area contributed by atoms with Gasteiger partial charge in [-0.2, -0.15) is 0 Å². The second-order valence-electron chi connectivity index (χ2n) is 3.54. The zero-order valence-corrected chi connectivity index (χ0v) is 6.70. The minimum atomic E-state index is -0.958. The van der Waals surface area contributed by atoms with E-state index in [9.17, 15) is 4.39 Å². The standard InChI is InChI=1S/C9H14FN/c10-9(6-11-7-9)8-4-2-1-3-5-8/h4,11H,1-3,5-7H2. The maximum Gasteiger partial charge on any atom is 0.156 e. The van der Waals surface area contributed by atoms with Crippen LogP contribution in [0.3, 0.4) is 0 Å². The summed E-state index contributed by atoms with van der Waals surface area (Å²) in [6.45, 7) is 1.08. The molecular formula is C9H14FN. The summed E-state index contributed by atoms with van der Waals surface area (Å²) in [5, 5.41) is 2.98. The molecule has 0 amide bonds. The Bertz CT molecular complexity index is 182. The molecule has 1 heterocycles. The Morgan fingerprint density at radius 2 is 2.18 bits per heavy atom. The number of allylic oxidation sites excluding steroid dienone is 1. The molecular weight excluding hydrogens is 141 g/mol. The van der Waals surface area contributed by atoms with Crippen molar-refractivity contribution in [1.29, 1.82) is 0 Å². The van der Waals surface area contributed by atoms with Crippen molar-refractivity contribution >= 4 is 0 Å². The van der Waals surface area contributed by atoms with Crippen molar-refractivity contribution in [2.75, 3.05) is 13.1 Å². The second-order valence-corrected chi connectivity index (χ2v) is 3.54. The zero-order chi connectivity index (χ0) is 7.73. The Balaban J connectivity index is 2.07. The lowest BCUT2D eigenvalue weighted by Gasteiger charge is -2.38. The molecule has 1 N–H and O–H groups in total. The van der Waals surface area contributed by atoms with Crippen LogP contribution in [0.4, 0.5) is 4.39 Å². The third-order valence-electron chi connectivity index (χ3n) is 2.68. The summed E-state index contributed by atoms with van der Waals surface area (Å²) in [5.41, 5.74) is 0.1000. The van der Waals surface area contributed by atoms with Crippen LogP contribution >= 0.6 is 0 Å². The molecule has 1 nitrogen and oxygen atoms in total. The average Bonchev–Trinajstić information content (AvgIpc) is 2.02. The minimum Gasteiger partial charge on any atom is -0.310 e. The van der Waals surface area contributed by atoms with Crippen molar-refractivity contribution in [3.8, 4) is 0 Å². The van der Waals surface area contributed by atoms with Crippen LogP contribution < -0.4 is 5.32 Å². The van der Waals surface area contributed by atoms with Gasteiger partial charge in [0.2, 0.25) is 0 Å². The van der Waals surface area contributed by atoms with Gasteiger partial charge in [0.1, 0.15) is 0 Å². The van der Waals surface area contributed by atoms with Crippen LogP contribution in [0.1, 0.15) is 25.7 Å². The van der Waals surface area contributed by atoms with Gasteiger partial charge in [0.15, 0.2) is 5.67 Å². The maximum atomic E-state index is 13.7. The first kappa shape index (κ1) is 7.29. The number of alkyl halides is 1. The fourth-order valence-corrected chi connectivity index (χ4v) is 1.82. The van der Waals surface area contributed by atoms with Crippen molar-refractivity contribution in [2.45, 2.75) is 31.4 Å². The molecule has 1 fully saturated rings. The lowest BCUT2D eigenvalue weighted by atomic mass is 9.83. The van der Waals surface area contributed by atoms with Crippen LogP contribution in [-0.2, 0) is 0 Å². The molecule has 0 aromatic heterocycles. The molecule has 0 spiro atoms. The normalized spacial score (nSPS) is 29.0. The Morgan fingerprint density at radius 3 is 2.64 bits per heavy atom. The molecule has 0 atom stereocenters. The predicted molar refractivity (Wildman–Crippen MR) is 43.3 cm³/mol. The van der Waals surface area contributed by atoms with E-state index in [1.807, 2.05) is 0 Å². The van der Waals surface area contributed by atoms with E-state index in [0.29, 0.717) is 13.1 Å². The van der Waals surface area contributed by atoms with Crippen LogP contribution in [0.2, 0.25) is 0 Å². The molecule has 1 saturated heterocycles. The number of halogens is 1. The lowest BCUT2D eigenvalue weighted by molar-refractivity contribution is 0.126. The van der Waals surface area contributed by atoms with Gasteiger partial charge in [-0.25, -0.2) is 4.39 Å². The molecule has 2 heteroatoms. The Morgan fingerprint density at radius 1 is 1.36 bits per heavy atom. The number of nitrogens with one attached hydrogen (secondary N) is 1. The van der Waals surface area contributed by atoms with Crippen molar-refractivity contribution in [3.63, 3.8) is 0 Å². The predicted octanol–water partition coefficient (Wildman–Crippen LogP) is 1.80. The Kier molecular flexibility index (Phi) is 1.72. The fraction of sp³-hybridized carbons (Fsp3) is 0.778. The smallest absolute Gasteiger partial charge is 0.156 e. The van der Waals surface area contributed by atoms with Crippen LogP contribution in [0.25, 0.3) is 0 Å². The molecule has 0 saturated carbocycles. The van der Waals surface area contributed by atoms with Gasteiger partial charge < -0.3 is 5.32 Å². The van der Waals surface area contributed by atoms with Gasteiger partial charge in [-0.05, 0) is 31.3 Å². The van der Waals surface area contributed by atoms with Gasteiger partial charge in [0.25, 0.3) is 0 Å². The Hall–Kier alpha value is -0.370. The first-order valence-electron chi connectivity index (χ1n) is 4.40. The maximum absolute atomic E-state index is 13.7. The molecule has 0 bridgehead atoms. The van der Waals surface area contributed by atoms with Gasteiger partial charge in [0.05, 0.1) is 0 Å². The zero-order valence-electron chi connectivity index (χ0n) is 6.70. The van der Waals surface area contributed by atoms with E-state index in [-0.39, 0.29) is 0 Å². The molecule has 1 aliphatic carbocycles. The molecule has 0 aromatic rings. The summed E-state index contributed by atoms with van der Waals surface area (Å²) in [7, 11) is 0. The third kappa shape index (κ3) is 1.20. The minimum absolute atomic E-state index is 0.541. The highest BCUT2D eigenvalue weighted by Crippen LogP contribution is 2.33. The quantitative estimate of drug-likeness (QED) is 0.569. The van der Waals surface area contributed by atoms with E-state index < -0.39 is 5.67 Å². The van der Waals surface area contributed by atoms with E-state index in [1.54, 1.807) is 0 Å². The summed E-state index contributed by atoms with van der Waals surface area (Å²) >= 11 is 0. The van der Waals surface area contributed by atoms with Gasteiger partial charge in [0, 0.05) is 13.1 Å². The van der Waals surface area contributed by atoms with Crippen LogP contribution in [-0.4, -0.2) is 18.8 Å². The molecule has 0 radical (unpaired) electrons. The van der Waals surface area contributed by atoms with Crippen molar-refractivity contribution in [1.82, 2.24) is 5.32 Å². The lowest BCUT2D eigenvalue weighted by Crippen LogP contribution is -2.57. The third-order valence-corrected chi connectivity index (χ3v) is 2.68. The van der Waals surface area contributed by atoms with E-state index in [2.05, 4.69) is 11.4 Å². The first-order valence-corrected chi connectivity index (χ1v) is 4.40. The number of rotatable bonds is 1. The molecule has 1 aliphatic heterocycles. The van der Waals surface area contributed by atoms with Crippen LogP contribution in [0.5, 0.6) is 0 Å². The molecule has 0 aromatic carbocycles. The van der Waals surface area contributed by atoms with Gasteiger partial charge in [-0.3, -0.25) is 0 Å². The van der Waals surface area contributed by atoms with Crippen molar-refractivity contribution in [3.05, 3.63) is 11.6 Å². The first-order chi connectivity index (χ1) is 5.31. The highest BCUT2D eigenvalue weighted by Gasteiger charge is 2.40. The monoisotopic (exact) mass is 155 g/mol. The summed E-state index contributed by atoms with van der Waals surface area (Å²) < 4.78 is 13.7. The molecule has 2 aliphatic rings. The summed E-state index contributed by atoms with van der Waals surface area (Å²) in [5.74, 6) is 0. The largest absolute Gasteiger partial charge is 0.310 e. The van der Waals surface area contributed by atoms with E-state index in [0.717, 1.165) is 18.4 Å². The van der Waals surface area contributed by atoms with E-state index in [4.69, 9.17) is 0 Å². The summed E-state index contributed by atoms with van der Waals surface area (Å²) in [4.78, 5) is 0. The molecule has 2 rings (SSSR count). The van der Waals surface area contributed by atoms with Crippen molar-refractivity contribution in [2.24, 2.45) is 0 Å². The summed E-state index contributed by atoms with van der Waals surface area (Å²) in [6, 6.07) is 0. The molecule has 62 valence electrons. The van der Waals surface area contributed by atoms with Crippen LogP contribution in [0, 0.1) is 0 Å². The van der Waals surface area contributed by atoms with Gasteiger partial charge in [-0.15, -0.1) is 0 Å². The fourth-order valence-electron chi connectivity index (χ4n) is 1.82. The van der Waals surface area contributed by atoms with Crippen LogP contribution in [0.15, 0.2) is 11.6 Å². The van der Waals surface area contributed by atoms with E-state index >= 15 is 0 Å². The summed E-state index contributed by atoms with van der Waals surface area (Å²) in [6.07, 6.45) is 6.59.